The molecule has 4 N–H and O–H groups in total. The Kier molecular flexibility index (Phi) is 39.9. The van der Waals surface area contributed by atoms with Gasteiger partial charge in [0, 0.05) is 12.8 Å². The molecule has 0 radical (unpaired) electrons. The van der Waals surface area contributed by atoms with Crippen LogP contribution in [0.4, 0.5) is 0 Å². The molecule has 0 saturated heterocycles. The molecule has 0 bridgehead atoms. The standard InChI is InChI=1S/C48H77O11P/c1-3-5-7-9-11-12-13-14-15-16-17-18-19-24-27-31-35-39-48(53)59-46(43-58-60(54,55)57-41-45(51)40-49)42-56-47(52)38-34-30-26-23-21-20-22-25-29-33-37-44(50)36-32-28-10-8-6-4-2/h6,8,11-12,14-15,17-18,20-21,25-26,28-30,32-33,37,44-46,49-51H,3-5,7,9-10,13,16,19,22-24,27,31,34-36,38-43H2,1-2H3,(H,54,55)/b8-6-,12-11-,15-14-,18-17-,21-20-,29-25-,30-26-,32-28-,37-33+/t44?,45-,46+/m0/s1. The molecule has 0 amide bonds. The molecule has 0 heterocycles. The predicted octanol–water partition coefficient (Wildman–Crippen LogP) is 10.7. The average molecular weight is 861 g/mol. The summed E-state index contributed by atoms with van der Waals surface area (Å²) in [5.74, 6) is -1.09. The third-order valence-electron chi connectivity index (χ3n) is 8.51. The molecule has 340 valence electrons. The van der Waals surface area contributed by atoms with Gasteiger partial charge in [-0.3, -0.25) is 18.6 Å². The first-order chi connectivity index (χ1) is 29.1. The van der Waals surface area contributed by atoms with E-state index in [1.54, 1.807) is 6.08 Å². The van der Waals surface area contributed by atoms with Crippen LogP contribution in [-0.2, 0) is 32.7 Å². The van der Waals surface area contributed by atoms with E-state index in [4.69, 9.17) is 19.1 Å². The van der Waals surface area contributed by atoms with E-state index in [-0.39, 0.29) is 19.4 Å². The highest BCUT2D eigenvalue weighted by Crippen LogP contribution is 2.43. The molecule has 0 aliphatic carbocycles. The van der Waals surface area contributed by atoms with Gasteiger partial charge in [0.15, 0.2) is 6.10 Å². The molecule has 0 rings (SSSR count). The number of unbranched alkanes of at least 4 members (excludes halogenated alkanes) is 7. The van der Waals surface area contributed by atoms with Crippen molar-refractivity contribution in [3.63, 3.8) is 0 Å². The Morgan fingerprint density at radius 3 is 1.77 bits per heavy atom. The molecule has 0 spiro atoms. The fourth-order valence-electron chi connectivity index (χ4n) is 5.11. The van der Waals surface area contributed by atoms with E-state index in [1.807, 2.05) is 54.7 Å². The third kappa shape index (κ3) is 41.3. The zero-order valence-electron chi connectivity index (χ0n) is 36.5. The van der Waals surface area contributed by atoms with Crippen LogP contribution in [-0.4, -0.2) is 76.9 Å². The van der Waals surface area contributed by atoms with Crippen molar-refractivity contribution >= 4 is 19.8 Å². The Labute approximate surface area is 361 Å². The number of hydrogen-bond acceptors (Lipinski definition) is 10. The number of allylic oxidation sites excluding steroid dienone is 16. The van der Waals surface area contributed by atoms with Crippen LogP contribution in [0.2, 0.25) is 0 Å². The second kappa shape index (κ2) is 42.3. The maximum atomic E-state index is 12.6. The van der Waals surface area contributed by atoms with Crippen LogP contribution in [0.1, 0.15) is 136 Å². The van der Waals surface area contributed by atoms with Crippen molar-refractivity contribution in [3.05, 3.63) is 109 Å². The molecule has 2 unspecified atom stereocenters. The summed E-state index contributed by atoms with van der Waals surface area (Å²) in [6.45, 7) is 2.02. The van der Waals surface area contributed by atoms with Gasteiger partial charge >= 0.3 is 19.8 Å². The van der Waals surface area contributed by atoms with Gasteiger partial charge in [0.25, 0.3) is 0 Å². The lowest BCUT2D eigenvalue weighted by molar-refractivity contribution is -0.161. The maximum absolute atomic E-state index is 12.6. The molecule has 11 nitrogen and oxygen atoms in total. The highest BCUT2D eigenvalue weighted by atomic mass is 31.2. The molecule has 12 heteroatoms. The molecule has 0 aromatic carbocycles. The van der Waals surface area contributed by atoms with Crippen LogP contribution in [0.5, 0.6) is 0 Å². The summed E-state index contributed by atoms with van der Waals surface area (Å²) in [5, 5.41) is 28.3. The van der Waals surface area contributed by atoms with Crippen LogP contribution in [0.15, 0.2) is 109 Å². The van der Waals surface area contributed by atoms with Crippen molar-refractivity contribution < 1.29 is 52.9 Å². The minimum atomic E-state index is -4.66. The van der Waals surface area contributed by atoms with E-state index >= 15 is 0 Å². The Morgan fingerprint density at radius 2 is 1.13 bits per heavy atom. The molecular formula is C48H77O11P. The number of esters is 2. The van der Waals surface area contributed by atoms with Gasteiger partial charge in [-0.05, 0) is 83.5 Å². The quantitative estimate of drug-likeness (QED) is 0.0153. The second-order valence-electron chi connectivity index (χ2n) is 14.2. The highest BCUT2D eigenvalue weighted by Gasteiger charge is 2.27. The van der Waals surface area contributed by atoms with Gasteiger partial charge in [0.1, 0.15) is 12.7 Å². The Balaban J connectivity index is 4.54. The van der Waals surface area contributed by atoms with Crippen molar-refractivity contribution in [1.82, 2.24) is 0 Å². The topological polar surface area (TPSA) is 169 Å². The van der Waals surface area contributed by atoms with Gasteiger partial charge in [-0.1, -0.05) is 149 Å². The summed E-state index contributed by atoms with van der Waals surface area (Å²) in [7, 11) is -4.66. The minimum absolute atomic E-state index is 0.0811. The van der Waals surface area contributed by atoms with E-state index in [0.29, 0.717) is 25.7 Å². The molecule has 60 heavy (non-hydrogen) atoms. The SMILES string of the molecule is CC/C=C\C/C=C\CC(O)/C=C/C=C\C/C=C\C/C=C\CCC(=O)OC[C@H](COP(=O)(O)OC[C@@H](O)CO)OC(=O)CCCCCC/C=C\C/C=C\C/C=C\CCCCC. The normalized spacial score (nSPS) is 15.4. The van der Waals surface area contributed by atoms with Crippen LogP contribution < -0.4 is 0 Å². The summed E-state index contributed by atoms with van der Waals surface area (Å²) >= 11 is 0. The molecular weight excluding hydrogens is 783 g/mol. The number of aliphatic hydroxyl groups is 3. The Bertz CT molecular complexity index is 1380. The highest BCUT2D eigenvalue weighted by molar-refractivity contribution is 7.47. The van der Waals surface area contributed by atoms with Gasteiger partial charge < -0.3 is 29.7 Å². The number of carbonyl (C=O) groups is 2. The first-order valence-electron chi connectivity index (χ1n) is 22.0. The molecule has 0 fully saturated rings. The lowest BCUT2D eigenvalue weighted by Gasteiger charge is -2.20. The largest absolute Gasteiger partial charge is 0.472 e. The van der Waals surface area contributed by atoms with Gasteiger partial charge in [0.2, 0.25) is 0 Å². The van der Waals surface area contributed by atoms with E-state index < -0.39 is 57.9 Å². The lowest BCUT2D eigenvalue weighted by Crippen LogP contribution is -2.29. The first-order valence-corrected chi connectivity index (χ1v) is 23.4. The average Bonchev–Trinajstić information content (AvgIpc) is 3.23. The molecule has 0 aliphatic heterocycles. The summed E-state index contributed by atoms with van der Waals surface area (Å²) in [6, 6.07) is 0. The van der Waals surface area contributed by atoms with Crippen molar-refractivity contribution in [1.29, 1.82) is 0 Å². The molecule has 0 aromatic rings. The second-order valence-corrected chi connectivity index (χ2v) is 15.6. The van der Waals surface area contributed by atoms with Gasteiger partial charge in [-0.2, -0.15) is 0 Å². The number of carbonyl (C=O) groups excluding carboxylic acids is 2. The zero-order valence-corrected chi connectivity index (χ0v) is 37.4. The number of hydrogen-bond donors (Lipinski definition) is 4. The van der Waals surface area contributed by atoms with E-state index in [1.165, 1.54) is 19.3 Å². The van der Waals surface area contributed by atoms with E-state index in [9.17, 15) is 29.3 Å². The van der Waals surface area contributed by atoms with E-state index in [0.717, 1.165) is 64.2 Å². The van der Waals surface area contributed by atoms with Crippen molar-refractivity contribution in [2.24, 2.45) is 0 Å². The van der Waals surface area contributed by atoms with Crippen molar-refractivity contribution in [2.75, 3.05) is 26.4 Å². The fourth-order valence-corrected chi connectivity index (χ4v) is 5.90. The van der Waals surface area contributed by atoms with Gasteiger partial charge in [0.05, 0.1) is 25.9 Å². The van der Waals surface area contributed by atoms with Crippen molar-refractivity contribution in [3.8, 4) is 0 Å². The number of phosphoric acid groups is 1. The van der Waals surface area contributed by atoms with Crippen LogP contribution >= 0.6 is 7.82 Å². The summed E-state index contributed by atoms with van der Waals surface area (Å²) < 4.78 is 32.6. The Morgan fingerprint density at radius 1 is 0.583 bits per heavy atom. The Hall–Kier alpha value is -3.41. The van der Waals surface area contributed by atoms with Crippen LogP contribution in [0.25, 0.3) is 0 Å². The first kappa shape index (κ1) is 56.6. The van der Waals surface area contributed by atoms with Crippen LogP contribution in [0, 0.1) is 0 Å². The molecule has 4 atom stereocenters. The summed E-state index contributed by atoms with van der Waals surface area (Å²) in [4.78, 5) is 35.0. The third-order valence-corrected chi connectivity index (χ3v) is 9.46. The number of ether oxygens (including phenoxy) is 2. The number of rotatable bonds is 39. The fraction of sp³-hybridized carbons (Fsp3) is 0.583. The number of aliphatic hydroxyl groups excluding tert-OH is 3. The van der Waals surface area contributed by atoms with Gasteiger partial charge in [-0.25, -0.2) is 4.57 Å². The smallest absolute Gasteiger partial charge is 0.462 e. The lowest BCUT2D eigenvalue weighted by atomic mass is 10.1. The predicted molar refractivity (Wildman–Crippen MR) is 243 cm³/mol. The van der Waals surface area contributed by atoms with Crippen molar-refractivity contribution in [2.45, 2.75) is 154 Å². The maximum Gasteiger partial charge on any atom is 0.472 e. The summed E-state index contributed by atoms with van der Waals surface area (Å²) in [6.07, 6.45) is 49.5. The molecule has 0 saturated carbocycles. The zero-order chi connectivity index (χ0) is 44.2. The van der Waals surface area contributed by atoms with Crippen LogP contribution in [0.3, 0.4) is 0 Å². The molecule has 0 aliphatic rings. The molecule has 0 aromatic heterocycles. The van der Waals surface area contributed by atoms with E-state index in [2.05, 4.69) is 67.0 Å². The number of phosphoric ester groups is 1. The monoisotopic (exact) mass is 861 g/mol. The van der Waals surface area contributed by atoms with Gasteiger partial charge in [-0.15, -0.1) is 0 Å². The minimum Gasteiger partial charge on any atom is -0.462 e. The summed E-state index contributed by atoms with van der Waals surface area (Å²) in [5.41, 5.74) is 0.